The van der Waals surface area contributed by atoms with Crippen molar-refractivity contribution >= 4 is 10.0 Å². The molecule has 0 amide bonds. The lowest BCUT2D eigenvalue weighted by atomic mass is 10.0. The number of hydrogen-bond acceptors (Lipinski definition) is 4. The molecule has 1 rings (SSSR count). The van der Waals surface area contributed by atoms with Crippen molar-refractivity contribution in [2.75, 3.05) is 38.5 Å². The summed E-state index contributed by atoms with van der Waals surface area (Å²) in [6.07, 6.45) is 0. The Hall–Kier alpha value is -0.170. The molecule has 1 heterocycles. The molecule has 114 valence electrons. The van der Waals surface area contributed by atoms with Crippen molar-refractivity contribution < 1.29 is 8.42 Å². The van der Waals surface area contributed by atoms with Crippen LogP contribution in [0.2, 0.25) is 0 Å². The van der Waals surface area contributed by atoms with Crippen molar-refractivity contribution in [3.05, 3.63) is 0 Å². The highest BCUT2D eigenvalue weighted by atomic mass is 32.2. The number of nitrogens with zero attached hydrogens (tertiary/aromatic N) is 2. The van der Waals surface area contributed by atoms with Gasteiger partial charge in [-0.05, 0) is 19.3 Å². The van der Waals surface area contributed by atoms with Crippen LogP contribution in [0.1, 0.15) is 34.6 Å². The Balaban J connectivity index is 2.64. The number of nitrogens with two attached hydrogens (primary N) is 1. The first-order valence-corrected chi connectivity index (χ1v) is 8.52. The Morgan fingerprint density at radius 1 is 1.00 bits per heavy atom. The monoisotopic (exact) mass is 291 g/mol. The van der Waals surface area contributed by atoms with Gasteiger partial charge in [-0.15, -0.1) is 0 Å². The molecule has 0 unspecified atom stereocenters. The molecule has 0 aromatic heterocycles. The Morgan fingerprint density at radius 3 is 1.84 bits per heavy atom. The second kappa shape index (κ2) is 5.68. The Kier molecular flexibility index (Phi) is 5.04. The van der Waals surface area contributed by atoms with Crippen LogP contribution in [0.25, 0.3) is 0 Å². The maximum absolute atomic E-state index is 12.3. The summed E-state index contributed by atoms with van der Waals surface area (Å²) in [5, 5.41) is 0. The summed E-state index contributed by atoms with van der Waals surface area (Å²) in [5.74, 6) is 0.209. The third-order valence-electron chi connectivity index (χ3n) is 3.60. The summed E-state index contributed by atoms with van der Waals surface area (Å²) in [7, 11) is -3.14. The lowest BCUT2D eigenvalue weighted by Gasteiger charge is -2.43. The summed E-state index contributed by atoms with van der Waals surface area (Å²) in [6.45, 7) is 13.3. The Labute approximate surface area is 118 Å². The highest BCUT2D eigenvalue weighted by molar-refractivity contribution is 7.89. The first-order valence-electron chi connectivity index (χ1n) is 6.91. The maximum atomic E-state index is 12.3. The second-order valence-electron chi connectivity index (χ2n) is 7.22. The van der Waals surface area contributed by atoms with Gasteiger partial charge in [0, 0.05) is 38.3 Å². The van der Waals surface area contributed by atoms with Crippen molar-refractivity contribution in [3.8, 4) is 0 Å². The lowest BCUT2D eigenvalue weighted by molar-refractivity contribution is 0.0847. The molecule has 5 nitrogen and oxygen atoms in total. The molecule has 0 spiro atoms. The highest BCUT2D eigenvalue weighted by Crippen LogP contribution is 2.22. The molecule has 0 aromatic carbocycles. The molecule has 0 aromatic rings. The fourth-order valence-corrected chi connectivity index (χ4v) is 4.34. The van der Waals surface area contributed by atoms with Crippen LogP contribution in [0.3, 0.4) is 0 Å². The number of sulfonamides is 1. The van der Waals surface area contributed by atoms with Crippen LogP contribution in [-0.4, -0.2) is 61.6 Å². The quantitative estimate of drug-likeness (QED) is 0.829. The van der Waals surface area contributed by atoms with E-state index in [-0.39, 0.29) is 16.7 Å². The fourth-order valence-electron chi connectivity index (χ4n) is 2.34. The van der Waals surface area contributed by atoms with E-state index in [1.165, 1.54) is 0 Å². The molecular weight excluding hydrogens is 262 g/mol. The Bertz CT molecular complexity index is 391. The largest absolute Gasteiger partial charge is 0.329 e. The zero-order valence-electron chi connectivity index (χ0n) is 12.9. The van der Waals surface area contributed by atoms with Crippen molar-refractivity contribution in [3.63, 3.8) is 0 Å². The summed E-state index contributed by atoms with van der Waals surface area (Å²) in [6, 6.07) is 0. The minimum atomic E-state index is -3.14. The number of rotatable bonds is 4. The molecule has 1 aliphatic rings. The van der Waals surface area contributed by atoms with E-state index in [4.69, 9.17) is 5.73 Å². The molecular formula is C13H29N3O2S. The van der Waals surface area contributed by atoms with Gasteiger partial charge < -0.3 is 5.73 Å². The molecule has 1 fully saturated rings. The average Bonchev–Trinajstić information content (AvgIpc) is 2.26. The normalized spacial score (nSPS) is 20.7. The van der Waals surface area contributed by atoms with Gasteiger partial charge in [0.05, 0.1) is 5.75 Å². The van der Waals surface area contributed by atoms with E-state index in [0.29, 0.717) is 19.6 Å². The fraction of sp³-hybridized carbons (Fsp3) is 1.00. The van der Waals surface area contributed by atoms with Gasteiger partial charge in [-0.25, -0.2) is 8.42 Å². The van der Waals surface area contributed by atoms with Crippen LogP contribution in [0, 0.1) is 5.41 Å². The summed E-state index contributed by atoms with van der Waals surface area (Å²) in [5.41, 5.74) is 5.51. The van der Waals surface area contributed by atoms with E-state index in [2.05, 4.69) is 18.7 Å². The van der Waals surface area contributed by atoms with Gasteiger partial charge in [-0.2, -0.15) is 4.31 Å². The average molecular weight is 291 g/mol. The minimum absolute atomic E-state index is 0.0557. The van der Waals surface area contributed by atoms with Crippen LogP contribution in [-0.2, 0) is 10.0 Å². The molecule has 19 heavy (non-hydrogen) atoms. The van der Waals surface area contributed by atoms with Crippen LogP contribution < -0.4 is 5.73 Å². The molecule has 0 atom stereocenters. The summed E-state index contributed by atoms with van der Waals surface area (Å²) in [4.78, 5) is 2.27. The van der Waals surface area contributed by atoms with Crippen molar-refractivity contribution in [2.24, 2.45) is 11.1 Å². The SMILES string of the molecule is CC(C)(C)CS(=O)(=O)N1CCN(C(C)(C)CN)CC1. The van der Waals surface area contributed by atoms with Crippen LogP contribution in [0.15, 0.2) is 0 Å². The van der Waals surface area contributed by atoms with E-state index in [0.717, 1.165) is 13.1 Å². The molecule has 0 saturated carbocycles. The number of hydrogen-bond donors (Lipinski definition) is 1. The minimum Gasteiger partial charge on any atom is -0.329 e. The molecule has 1 saturated heterocycles. The van der Waals surface area contributed by atoms with Crippen molar-refractivity contribution in [1.29, 1.82) is 0 Å². The number of piperazine rings is 1. The van der Waals surface area contributed by atoms with Gasteiger partial charge in [0.15, 0.2) is 0 Å². The Morgan fingerprint density at radius 2 is 1.47 bits per heavy atom. The van der Waals surface area contributed by atoms with E-state index in [9.17, 15) is 8.42 Å². The van der Waals surface area contributed by atoms with E-state index >= 15 is 0 Å². The third-order valence-corrected chi connectivity index (χ3v) is 5.99. The standard InChI is InChI=1S/C13H29N3O2S/c1-12(2,3)11-19(17,18)16-8-6-15(7-9-16)13(4,5)10-14/h6-11,14H2,1-5H3. The van der Waals surface area contributed by atoms with Gasteiger partial charge in [0.2, 0.25) is 10.0 Å². The van der Waals surface area contributed by atoms with Gasteiger partial charge >= 0.3 is 0 Å². The van der Waals surface area contributed by atoms with Crippen molar-refractivity contribution in [2.45, 2.75) is 40.2 Å². The van der Waals surface area contributed by atoms with Gasteiger partial charge in [0.25, 0.3) is 0 Å². The summed E-state index contributed by atoms with van der Waals surface area (Å²) >= 11 is 0. The molecule has 0 aliphatic carbocycles. The van der Waals surface area contributed by atoms with Crippen LogP contribution in [0.4, 0.5) is 0 Å². The molecule has 0 bridgehead atoms. The highest BCUT2D eigenvalue weighted by Gasteiger charge is 2.34. The predicted octanol–water partition coefficient (Wildman–Crippen LogP) is 0.717. The zero-order chi connectivity index (χ0) is 14.9. The molecule has 1 aliphatic heterocycles. The zero-order valence-corrected chi connectivity index (χ0v) is 13.8. The topological polar surface area (TPSA) is 66.6 Å². The smallest absolute Gasteiger partial charge is 0.214 e. The van der Waals surface area contributed by atoms with Gasteiger partial charge in [0.1, 0.15) is 0 Å². The second-order valence-corrected chi connectivity index (χ2v) is 9.19. The summed E-state index contributed by atoms with van der Waals surface area (Å²) < 4.78 is 26.2. The van der Waals surface area contributed by atoms with Crippen LogP contribution in [0.5, 0.6) is 0 Å². The third kappa shape index (κ3) is 4.70. The van der Waals surface area contributed by atoms with Crippen LogP contribution >= 0.6 is 0 Å². The molecule has 2 N–H and O–H groups in total. The lowest BCUT2D eigenvalue weighted by Crippen LogP contribution is -2.58. The first-order chi connectivity index (χ1) is 8.48. The van der Waals surface area contributed by atoms with E-state index in [1.54, 1.807) is 4.31 Å². The molecule has 6 heteroatoms. The molecule has 0 radical (unpaired) electrons. The predicted molar refractivity (Wildman–Crippen MR) is 79.5 cm³/mol. The van der Waals surface area contributed by atoms with Gasteiger partial charge in [-0.3, -0.25) is 4.90 Å². The van der Waals surface area contributed by atoms with E-state index < -0.39 is 10.0 Å². The van der Waals surface area contributed by atoms with E-state index in [1.807, 2.05) is 20.8 Å². The van der Waals surface area contributed by atoms with Crippen molar-refractivity contribution in [1.82, 2.24) is 9.21 Å². The maximum Gasteiger partial charge on any atom is 0.214 e. The van der Waals surface area contributed by atoms with Gasteiger partial charge in [-0.1, -0.05) is 20.8 Å². The first kappa shape index (κ1) is 16.9.